The minimum atomic E-state index is -0.468. The molecule has 172 valence electrons. The van der Waals surface area contributed by atoms with Crippen molar-refractivity contribution in [3.05, 3.63) is 81.5 Å². The number of nitrogens with zero attached hydrogens (tertiary/aromatic N) is 1. The molecule has 2 aromatic carbocycles. The summed E-state index contributed by atoms with van der Waals surface area (Å²) in [6.07, 6.45) is 1.07. The molecule has 0 radical (unpaired) electrons. The third kappa shape index (κ3) is 4.94. The molecule has 1 fully saturated rings. The molecule has 0 bridgehead atoms. The number of benzene rings is 2. The minimum Gasteiger partial charge on any atom is -0.460 e. The standard InChI is InChI=1S/C27H28ClNO4/c1-16-4-6-19(7-5-16)25-24(27(31)33-13-12-32-3)17(2)29-22-14-20(15-23(30)26(22)25)18-8-10-21(28)11-9-18/h4-11,20,25-26H,12-15H2,1-3H3/t20-,25-,26?/m1/s1. The first-order valence-electron chi connectivity index (χ1n) is 11.2. The van der Waals surface area contributed by atoms with Crippen LogP contribution < -0.4 is 0 Å². The summed E-state index contributed by atoms with van der Waals surface area (Å²) in [5.74, 6) is -1.17. The number of carbonyl (C=O) groups excluding carboxylic acids is 2. The van der Waals surface area contributed by atoms with Crippen molar-refractivity contribution in [2.24, 2.45) is 10.9 Å². The van der Waals surface area contributed by atoms with E-state index in [1.165, 1.54) is 0 Å². The lowest BCUT2D eigenvalue weighted by atomic mass is 9.66. The number of halogens is 1. The second kappa shape index (κ2) is 10.0. The second-order valence-corrected chi connectivity index (χ2v) is 9.16. The normalized spacial score (nSPS) is 22.6. The number of aliphatic imine (C=N–C) groups is 1. The molecule has 33 heavy (non-hydrogen) atoms. The van der Waals surface area contributed by atoms with Crippen molar-refractivity contribution in [1.82, 2.24) is 0 Å². The van der Waals surface area contributed by atoms with Crippen molar-refractivity contribution < 1.29 is 19.1 Å². The predicted molar refractivity (Wildman–Crippen MR) is 129 cm³/mol. The number of ketones is 1. The lowest BCUT2D eigenvalue weighted by molar-refractivity contribution is -0.140. The van der Waals surface area contributed by atoms with Crippen LogP contribution >= 0.6 is 11.6 Å². The van der Waals surface area contributed by atoms with Crippen LogP contribution in [0.4, 0.5) is 0 Å². The summed E-state index contributed by atoms with van der Waals surface area (Å²) in [4.78, 5) is 31.5. The number of esters is 1. The first-order chi connectivity index (χ1) is 15.9. The highest BCUT2D eigenvalue weighted by atomic mass is 35.5. The van der Waals surface area contributed by atoms with Gasteiger partial charge in [-0.2, -0.15) is 0 Å². The molecule has 0 saturated heterocycles. The Kier molecular flexibility index (Phi) is 7.11. The molecular weight excluding hydrogens is 438 g/mol. The zero-order valence-corrected chi connectivity index (χ0v) is 19.9. The van der Waals surface area contributed by atoms with E-state index in [-0.39, 0.29) is 18.3 Å². The average Bonchev–Trinajstić information content (AvgIpc) is 2.79. The maximum Gasteiger partial charge on any atom is 0.336 e. The first kappa shape index (κ1) is 23.4. The fourth-order valence-electron chi connectivity index (χ4n) is 4.84. The van der Waals surface area contributed by atoms with Crippen LogP contribution in [-0.2, 0) is 19.1 Å². The molecule has 2 aromatic rings. The fraction of sp³-hybridized carbons (Fsp3) is 0.370. The van der Waals surface area contributed by atoms with E-state index >= 15 is 0 Å². The number of fused-ring (bicyclic) bond motifs is 1. The summed E-state index contributed by atoms with van der Waals surface area (Å²) >= 11 is 6.05. The molecule has 4 rings (SSSR count). The third-order valence-corrected chi connectivity index (χ3v) is 6.72. The van der Waals surface area contributed by atoms with E-state index in [2.05, 4.69) is 0 Å². The van der Waals surface area contributed by atoms with Crippen LogP contribution in [0.3, 0.4) is 0 Å². The van der Waals surface area contributed by atoms with Gasteiger partial charge in [0.2, 0.25) is 0 Å². The van der Waals surface area contributed by atoms with Crippen molar-refractivity contribution in [1.29, 1.82) is 0 Å². The topological polar surface area (TPSA) is 65.0 Å². The van der Waals surface area contributed by atoms with Crippen molar-refractivity contribution in [3.8, 4) is 0 Å². The van der Waals surface area contributed by atoms with Crippen molar-refractivity contribution in [2.45, 2.75) is 38.5 Å². The predicted octanol–water partition coefficient (Wildman–Crippen LogP) is 5.41. The molecular formula is C27H28ClNO4. The average molecular weight is 466 g/mol. The Morgan fingerprint density at radius 3 is 2.30 bits per heavy atom. The van der Waals surface area contributed by atoms with E-state index in [1.54, 1.807) is 7.11 Å². The largest absolute Gasteiger partial charge is 0.460 e. The molecule has 0 amide bonds. The number of ether oxygens (including phenoxy) is 2. The molecule has 3 atom stereocenters. The summed E-state index contributed by atoms with van der Waals surface area (Å²) in [5.41, 5.74) is 5.02. The summed E-state index contributed by atoms with van der Waals surface area (Å²) in [6, 6.07) is 15.7. The van der Waals surface area contributed by atoms with Gasteiger partial charge in [-0.25, -0.2) is 4.79 Å². The van der Waals surface area contributed by atoms with Crippen LogP contribution in [0.25, 0.3) is 0 Å². The number of aryl methyl sites for hydroxylation is 1. The Morgan fingerprint density at radius 2 is 1.64 bits per heavy atom. The number of hydrogen-bond acceptors (Lipinski definition) is 5. The van der Waals surface area contributed by atoms with E-state index in [0.29, 0.717) is 35.7 Å². The highest BCUT2D eigenvalue weighted by Gasteiger charge is 2.46. The fourth-order valence-corrected chi connectivity index (χ4v) is 4.97. The van der Waals surface area contributed by atoms with Gasteiger partial charge >= 0.3 is 5.97 Å². The maximum absolute atomic E-state index is 13.6. The van der Waals surface area contributed by atoms with Gasteiger partial charge in [-0.05, 0) is 49.4 Å². The number of allylic oxidation sites excluding steroid dienone is 1. The summed E-state index contributed by atoms with van der Waals surface area (Å²) in [6.45, 7) is 4.31. The SMILES string of the molecule is COCCOC(=O)C1=C(C)N=C2C[C@@H](c3ccc(Cl)cc3)CC(=O)C2[C@@H]1c1ccc(C)cc1. The van der Waals surface area contributed by atoms with Crippen LogP contribution in [0, 0.1) is 12.8 Å². The molecule has 2 aliphatic rings. The quantitative estimate of drug-likeness (QED) is 0.422. The summed E-state index contributed by atoms with van der Waals surface area (Å²) < 4.78 is 10.5. The Bertz CT molecular complexity index is 1100. The molecule has 1 saturated carbocycles. The molecule has 1 unspecified atom stereocenters. The lowest BCUT2D eigenvalue weighted by Crippen LogP contribution is -2.41. The van der Waals surface area contributed by atoms with Gasteiger partial charge in [0, 0.05) is 35.9 Å². The molecule has 0 aromatic heterocycles. The highest BCUT2D eigenvalue weighted by Crippen LogP contribution is 2.46. The van der Waals surface area contributed by atoms with Crippen LogP contribution in [0.2, 0.25) is 5.02 Å². The Morgan fingerprint density at radius 1 is 0.970 bits per heavy atom. The Labute approximate surface area is 199 Å². The molecule has 0 spiro atoms. The van der Waals surface area contributed by atoms with Gasteiger partial charge in [0.1, 0.15) is 12.4 Å². The molecule has 0 N–H and O–H groups in total. The van der Waals surface area contributed by atoms with E-state index < -0.39 is 17.8 Å². The van der Waals surface area contributed by atoms with Crippen LogP contribution in [-0.4, -0.2) is 37.8 Å². The molecule has 5 nitrogen and oxygen atoms in total. The van der Waals surface area contributed by atoms with Crippen molar-refractivity contribution >= 4 is 29.1 Å². The number of Topliss-reactive ketones (excluding diaryl/α,β-unsaturated/α-hetero) is 1. The van der Waals surface area contributed by atoms with Crippen LogP contribution in [0.5, 0.6) is 0 Å². The van der Waals surface area contributed by atoms with Crippen LogP contribution in [0.15, 0.2) is 64.8 Å². The van der Waals surface area contributed by atoms with E-state index in [0.717, 1.165) is 22.4 Å². The van der Waals surface area contributed by atoms with Crippen molar-refractivity contribution in [3.63, 3.8) is 0 Å². The van der Waals surface area contributed by atoms with Gasteiger partial charge in [0.25, 0.3) is 0 Å². The minimum absolute atomic E-state index is 0.0476. The van der Waals surface area contributed by atoms with Gasteiger partial charge in [-0.15, -0.1) is 0 Å². The zero-order valence-electron chi connectivity index (χ0n) is 19.1. The van der Waals surface area contributed by atoms with Crippen LogP contribution in [0.1, 0.15) is 48.3 Å². The lowest BCUT2D eigenvalue weighted by Gasteiger charge is -2.38. The molecule has 1 aliphatic heterocycles. The molecule has 1 heterocycles. The summed E-state index contributed by atoms with van der Waals surface area (Å²) in [5, 5.41) is 0.670. The highest BCUT2D eigenvalue weighted by molar-refractivity contribution is 6.30. The first-order valence-corrected chi connectivity index (χ1v) is 11.6. The number of carbonyl (C=O) groups is 2. The van der Waals surface area contributed by atoms with E-state index in [9.17, 15) is 9.59 Å². The van der Waals surface area contributed by atoms with Gasteiger partial charge in [-0.3, -0.25) is 9.79 Å². The van der Waals surface area contributed by atoms with Crippen molar-refractivity contribution in [2.75, 3.05) is 20.3 Å². The smallest absolute Gasteiger partial charge is 0.336 e. The third-order valence-electron chi connectivity index (χ3n) is 6.47. The Hall–Kier alpha value is -2.76. The zero-order chi connectivity index (χ0) is 23.5. The van der Waals surface area contributed by atoms with E-state index in [1.807, 2.05) is 62.4 Å². The number of rotatable bonds is 6. The van der Waals surface area contributed by atoms with Gasteiger partial charge < -0.3 is 9.47 Å². The number of hydrogen-bond donors (Lipinski definition) is 0. The summed E-state index contributed by atoms with van der Waals surface area (Å²) in [7, 11) is 1.56. The maximum atomic E-state index is 13.6. The van der Waals surface area contributed by atoms with Gasteiger partial charge in [0.05, 0.1) is 18.1 Å². The number of methoxy groups -OCH3 is 1. The Balaban J connectivity index is 1.73. The second-order valence-electron chi connectivity index (χ2n) is 8.72. The van der Waals surface area contributed by atoms with Gasteiger partial charge in [-0.1, -0.05) is 53.6 Å². The molecule has 1 aliphatic carbocycles. The van der Waals surface area contributed by atoms with Gasteiger partial charge in [0.15, 0.2) is 0 Å². The molecule has 6 heteroatoms. The monoisotopic (exact) mass is 465 g/mol. The van der Waals surface area contributed by atoms with E-state index in [4.69, 9.17) is 26.1 Å².